The number of hydrogen-bond acceptors (Lipinski definition) is 1. The fourth-order valence-corrected chi connectivity index (χ4v) is 2.66. The molecule has 0 spiro atoms. The molecule has 0 amide bonds. The van der Waals surface area contributed by atoms with E-state index in [9.17, 15) is 4.79 Å². The van der Waals surface area contributed by atoms with Crippen molar-refractivity contribution < 1.29 is 4.79 Å². The molecule has 1 unspecified atom stereocenters. The zero-order valence-corrected chi connectivity index (χ0v) is 13.5. The van der Waals surface area contributed by atoms with Gasteiger partial charge in [-0.3, -0.25) is 4.79 Å². The van der Waals surface area contributed by atoms with Gasteiger partial charge in [0.05, 0.1) is 0 Å². The van der Waals surface area contributed by atoms with Crippen LogP contribution in [0.2, 0.25) is 0 Å². The Bertz CT molecular complexity index is 534. The number of carbonyl (C=O) groups is 1. The van der Waals surface area contributed by atoms with Crippen molar-refractivity contribution in [2.45, 2.75) is 17.7 Å². The largest absolute Gasteiger partial charge is 0.294 e. The summed E-state index contributed by atoms with van der Waals surface area (Å²) in [7, 11) is 0. The zero-order chi connectivity index (χ0) is 13.7. The molecule has 2 rings (SSSR count). The molecule has 1 nitrogen and oxygen atoms in total. The topological polar surface area (TPSA) is 17.1 Å². The summed E-state index contributed by atoms with van der Waals surface area (Å²) in [6.45, 7) is 0. The van der Waals surface area contributed by atoms with Crippen LogP contribution in [-0.4, -0.2) is 5.78 Å². The number of hydrogen-bond donors (Lipinski definition) is 0. The molecule has 0 saturated carbocycles. The van der Waals surface area contributed by atoms with Crippen molar-refractivity contribution in [2.24, 2.45) is 0 Å². The lowest BCUT2D eigenvalue weighted by molar-refractivity contribution is 0.0980. The number of ketones is 1. The second kappa shape index (κ2) is 7.01. The van der Waals surface area contributed by atoms with Gasteiger partial charge < -0.3 is 0 Å². The second-order valence-electron chi connectivity index (χ2n) is 4.35. The van der Waals surface area contributed by atoms with Crippen molar-refractivity contribution >= 4 is 37.6 Å². The molecule has 0 aromatic heterocycles. The Morgan fingerprint density at radius 3 is 2.26 bits per heavy atom. The smallest absolute Gasteiger partial charge is 0.162 e. The van der Waals surface area contributed by atoms with Crippen LogP contribution in [0.5, 0.6) is 0 Å². The van der Waals surface area contributed by atoms with Crippen molar-refractivity contribution in [1.29, 1.82) is 0 Å². The normalized spacial score (nSPS) is 12.1. The van der Waals surface area contributed by atoms with Crippen LogP contribution in [-0.2, 0) is 0 Å². The molecule has 1 atom stereocenters. The fraction of sp³-hybridized carbons (Fsp3) is 0.188. The van der Waals surface area contributed by atoms with E-state index in [2.05, 4.69) is 44.0 Å². The van der Waals surface area contributed by atoms with Gasteiger partial charge in [-0.25, -0.2) is 0 Å². The molecule has 2 aromatic rings. The van der Waals surface area contributed by atoms with E-state index >= 15 is 0 Å². The van der Waals surface area contributed by atoms with Gasteiger partial charge in [0.15, 0.2) is 5.78 Å². The number of benzene rings is 2. The van der Waals surface area contributed by atoms with Crippen molar-refractivity contribution in [3.63, 3.8) is 0 Å². The minimum Gasteiger partial charge on any atom is -0.294 e. The maximum absolute atomic E-state index is 12.0. The third kappa shape index (κ3) is 4.29. The third-order valence-electron chi connectivity index (χ3n) is 2.95. The average molecular weight is 382 g/mol. The Morgan fingerprint density at radius 1 is 1.00 bits per heavy atom. The second-order valence-corrected chi connectivity index (χ2v) is 6.37. The van der Waals surface area contributed by atoms with Crippen LogP contribution in [0.15, 0.2) is 59.1 Å². The summed E-state index contributed by atoms with van der Waals surface area (Å²) in [5.41, 5.74) is 1.99. The molecule has 0 saturated heterocycles. The maximum Gasteiger partial charge on any atom is 0.162 e. The monoisotopic (exact) mass is 380 g/mol. The molecule has 0 radical (unpaired) electrons. The van der Waals surface area contributed by atoms with Crippen molar-refractivity contribution in [3.05, 3.63) is 70.2 Å². The van der Waals surface area contributed by atoms with Gasteiger partial charge in [-0.2, -0.15) is 0 Å². The molecule has 0 aliphatic carbocycles. The first-order valence-electron chi connectivity index (χ1n) is 6.14. The van der Waals surface area contributed by atoms with Gasteiger partial charge in [-0.05, 0) is 24.1 Å². The molecule has 3 heteroatoms. The van der Waals surface area contributed by atoms with Crippen molar-refractivity contribution in [1.82, 2.24) is 0 Å². The molecular formula is C16H14Br2O. The molecule has 0 heterocycles. The highest BCUT2D eigenvalue weighted by Crippen LogP contribution is 2.29. The number of alkyl halides is 1. The molecule has 98 valence electrons. The van der Waals surface area contributed by atoms with Crippen LogP contribution in [0.25, 0.3) is 0 Å². The maximum atomic E-state index is 12.0. The van der Waals surface area contributed by atoms with E-state index in [4.69, 9.17) is 0 Å². The number of Topliss-reactive ketones (excluding diaryl/α,β-unsaturated/α-hetero) is 1. The van der Waals surface area contributed by atoms with Crippen LogP contribution in [0.3, 0.4) is 0 Å². The summed E-state index contributed by atoms with van der Waals surface area (Å²) >= 11 is 7.06. The summed E-state index contributed by atoms with van der Waals surface area (Å²) in [5, 5.41) is 0. The minimum atomic E-state index is 0.196. The van der Waals surface area contributed by atoms with Gasteiger partial charge >= 0.3 is 0 Å². The summed E-state index contributed by atoms with van der Waals surface area (Å²) in [5.74, 6) is 0.196. The molecule has 0 N–H and O–H groups in total. The van der Waals surface area contributed by atoms with Crippen molar-refractivity contribution in [2.75, 3.05) is 0 Å². The first-order chi connectivity index (χ1) is 9.16. The molecule has 19 heavy (non-hydrogen) atoms. The molecule has 0 aliphatic heterocycles. The summed E-state index contributed by atoms with van der Waals surface area (Å²) in [6.07, 6.45) is 1.35. The Kier molecular flexibility index (Phi) is 5.34. The molecule has 0 aliphatic rings. The minimum absolute atomic E-state index is 0.196. The highest BCUT2D eigenvalue weighted by atomic mass is 79.9. The predicted octanol–water partition coefficient (Wildman–Crippen LogP) is 5.55. The van der Waals surface area contributed by atoms with Gasteiger partial charge in [0.25, 0.3) is 0 Å². The summed E-state index contributed by atoms with van der Waals surface area (Å²) in [6, 6.07) is 17.6. The van der Waals surface area contributed by atoms with Crippen molar-refractivity contribution in [3.8, 4) is 0 Å². The number of rotatable bonds is 5. The molecular weight excluding hydrogens is 368 g/mol. The van der Waals surface area contributed by atoms with E-state index in [-0.39, 0.29) is 10.6 Å². The summed E-state index contributed by atoms with van der Waals surface area (Å²) in [4.78, 5) is 12.2. The van der Waals surface area contributed by atoms with Gasteiger partial charge in [-0.1, -0.05) is 74.3 Å². The average Bonchev–Trinajstić information content (AvgIpc) is 2.46. The van der Waals surface area contributed by atoms with E-state index in [0.29, 0.717) is 6.42 Å². The van der Waals surface area contributed by atoms with Gasteiger partial charge in [0, 0.05) is 21.3 Å². The van der Waals surface area contributed by atoms with Gasteiger partial charge in [-0.15, -0.1) is 0 Å². The van der Waals surface area contributed by atoms with Crippen LogP contribution in [0.1, 0.15) is 33.6 Å². The van der Waals surface area contributed by atoms with E-state index in [1.165, 1.54) is 5.56 Å². The number of halogens is 2. The van der Waals surface area contributed by atoms with Gasteiger partial charge in [0.1, 0.15) is 0 Å². The van der Waals surface area contributed by atoms with Gasteiger partial charge in [0.2, 0.25) is 0 Å². The predicted molar refractivity (Wildman–Crippen MR) is 85.8 cm³/mol. The lowest BCUT2D eigenvalue weighted by atomic mass is 10.0. The summed E-state index contributed by atoms with van der Waals surface area (Å²) < 4.78 is 1.07. The van der Waals surface area contributed by atoms with Crippen LogP contribution in [0, 0.1) is 0 Å². The SMILES string of the molecule is O=C(CCC(Br)c1ccc(Br)cc1)c1ccccc1. The quantitative estimate of drug-likeness (QED) is 0.490. The Labute approximate surface area is 130 Å². The lowest BCUT2D eigenvalue weighted by Gasteiger charge is -2.09. The van der Waals surface area contributed by atoms with Crippen LogP contribution >= 0.6 is 31.9 Å². The highest BCUT2D eigenvalue weighted by molar-refractivity contribution is 9.10. The lowest BCUT2D eigenvalue weighted by Crippen LogP contribution is -2.01. The first kappa shape index (κ1) is 14.5. The first-order valence-corrected chi connectivity index (χ1v) is 7.85. The fourth-order valence-electron chi connectivity index (χ4n) is 1.86. The van der Waals surface area contributed by atoms with Crippen LogP contribution in [0.4, 0.5) is 0 Å². The zero-order valence-electron chi connectivity index (χ0n) is 10.4. The van der Waals surface area contributed by atoms with E-state index in [0.717, 1.165) is 16.5 Å². The third-order valence-corrected chi connectivity index (χ3v) is 4.47. The Balaban J connectivity index is 1.92. The van der Waals surface area contributed by atoms with E-state index < -0.39 is 0 Å². The Hall–Kier alpha value is -0.930. The molecule has 0 bridgehead atoms. The van der Waals surface area contributed by atoms with E-state index in [1.54, 1.807) is 0 Å². The Morgan fingerprint density at radius 2 is 1.63 bits per heavy atom. The number of carbonyl (C=O) groups excluding carboxylic acids is 1. The standard InChI is InChI=1S/C16H14Br2O/c17-14-8-6-12(7-9-14)15(18)10-11-16(19)13-4-2-1-3-5-13/h1-9,15H,10-11H2. The molecule has 0 fully saturated rings. The van der Waals surface area contributed by atoms with Crippen LogP contribution < -0.4 is 0 Å². The van der Waals surface area contributed by atoms with E-state index in [1.807, 2.05) is 42.5 Å². The molecule has 2 aromatic carbocycles. The highest BCUT2D eigenvalue weighted by Gasteiger charge is 2.11.